The van der Waals surface area contributed by atoms with Crippen molar-refractivity contribution in [2.45, 2.75) is 6.54 Å². The highest BCUT2D eigenvalue weighted by molar-refractivity contribution is 7.87. The Hall–Kier alpha value is -2.55. The van der Waals surface area contributed by atoms with Gasteiger partial charge in [-0.3, -0.25) is 0 Å². The number of benzene rings is 2. The number of nitrogens with one attached hydrogen (secondary N) is 2. The number of methoxy groups -OCH3 is 1. The molecule has 0 fully saturated rings. The molecule has 7 nitrogen and oxygen atoms in total. The van der Waals surface area contributed by atoms with Crippen LogP contribution in [0.1, 0.15) is 5.56 Å². The van der Waals surface area contributed by atoms with Crippen molar-refractivity contribution < 1.29 is 13.2 Å². The van der Waals surface area contributed by atoms with Gasteiger partial charge in [-0.2, -0.15) is 13.1 Å². The summed E-state index contributed by atoms with van der Waals surface area (Å²) in [5.74, 6) is 0.740. The van der Waals surface area contributed by atoms with Gasteiger partial charge in [0, 0.05) is 30.6 Å². The SMILES string of the molecule is CNS(=O)(=O)NCc1ccc(-c2ncnc3cc(OC)ccc23)cc1. The van der Waals surface area contributed by atoms with Gasteiger partial charge < -0.3 is 4.74 Å². The quantitative estimate of drug-likeness (QED) is 0.701. The van der Waals surface area contributed by atoms with Crippen LogP contribution in [-0.2, 0) is 16.8 Å². The molecular formula is C17H18N4O3S. The molecule has 130 valence electrons. The lowest BCUT2D eigenvalue weighted by Gasteiger charge is -2.08. The molecule has 0 amide bonds. The largest absolute Gasteiger partial charge is 0.497 e. The molecule has 0 radical (unpaired) electrons. The minimum absolute atomic E-state index is 0.213. The zero-order valence-electron chi connectivity index (χ0n) is 13.9. The van der Waals surface area contributed by atoms with Crippen LogP contribution >= 0.6 is 0 Å². The van der Waals surface area contributed by atoms with Crippen molar-refractivity contribution in [1.82, 2.24) is 19.4 Å². The van der Waals surface area contributed by atoms with E-state index in [4.69, 9.17) is 4.74 Å². The van der Waals surface area contributed by atoms with Crippen molar-refractivity contribution in [3.8, 4) is 17.0 Å². The lowest BCUT2D eigenvalue weighted by atomic mass is 10.0. The van der Waals surface area contributed by atoms with Crippen LogP contribution in [-0.4, -0.2) is 32.5 Å². The number of hydrogen-bond acceptors (Lipinski definition) is 5. The van der Waals surface area contributed by atoms with Gasteiger partial charge in [-0.15, -0.1) is 0 Å². The van der Waals surface area contributed by atoms with E-state index < -0.39 is 10.2 Å². The molecule has 0 atom stereocenters. The van der Waals surface area contributed by atoms with Crippen LogP contribution in [0.25, 0.3) is 22.2 Å². The van der Waals surface area contributed by atoms with E-state index in [1.807, 2.05) is 42.5 Å². The van der Waals surface area contributed by atoms with Crippen molar-refractivity contribution in [1.29, 1.82) is 0 Å². The molecule has 3 aromatic rings. The summed E-state index contributed by atoms with van der Waals surface area (Å²) >= 11 is 0. The van der Waals surface area contributed by atoms with Crippen LogP contribution in [0.5, 0.6) is 5.75 Å². The first-order valence-corrected chi connectivity index (χ1v) is 9.07. The Balaban J connectivity index is 1.89. The topological polar surface area (TPSA) is 93.2 Å². The molecule has 0 saturated heterocycles. The highest BCUT2D eigenvalue weighted by atomic mass is 32.2. The summed E-state index contributed by atoms with van der Waals surface area (Å²) < 4.78 is 32.7. The second-order valence-electron chi connectivity index (χ2n) is 5.33. The first-order chi connectivity index (χ1) is 12.0. The maximum absolute atomic E-state index is 11.4. The Morgan fingerprint density at radius 1 is 1.08 bits per heavy atom. The summed E-state index contributed by atoms with van der Waals surface area (Å²) in [5, 5.41) is 0.923. The lowest BCUT2D eigenvalue weighted by molar-refractivity contribution is 0.415. The molecule has 0 bridgehead atoms. The monoisotopic (exact) mass is 358 g/mol. The Bertz CT molecular complexity index is 988. The zero-order chi connectivity index (χ0) is 17.9. The summed E-state index contributed by atoms with van der Waals surface area (Å²) in [7, 11) is -0.471. The van der Waals surface area contributed by atoms with E-state index in [1.165, 1.54) is 13.4 Å². The van der Waals surface area contributed by atoms with Crippen LogP contribution in [0.3, 0.4) is 0 Å². The van der Waals surface area contributed by atoms with Crippen LogP contribution < -0.4 is 14.2 Å². The van der Waals surface area contributed by atoms with Gasteiger partial charge in [-0.05, 0) is 17.7 Å². The number of fused-ring (bicyclic) bond motifs is 1. The van der Waals surface area contributed by atoms with Gasteiger partial charge in [-0.1, -0.05) is 24.3 Å². The van der Waals surface area contributed by atoms with Gasteiger partial charge in [0.1, 0.15) is 12.1 Å². The molecule has 0 saturated carbocycles. The van der Waals surface area contributed by atoms with Gasteiger partial charge >= 0.3 is 0 Å². The number of ether oxygens (including phenoxy) is 1. The standard InChI is InChI=1S/C17H18N4O3S/c1-18-25(22,23)21-10-12-3-5-13(6-4-12)17-15-8-7-14(24-2)9-16(15)19-11-20-17/h3-9,11,18,21H,10H2,1-2H3. The summed E-state index contributed by atoms with van der Waals surface area (Å²) in [6.45, 7) is 0.213. The maximum Gasteiger partial charge on any atom is 0.276 e. The molecule has 0 spiro atoms. The second-order valence-corrected chi connectivity index (χ2v) is 7.03. The molecule has 2 aromatic carbocycles. The van der Waals surface area contributed by atoms with Crippen LogP contribution in [0, 0.1) is 0 Å². The average molecular weight is 358 g/mol. The van der Waals surface area contributed by atoms with Crippen molar-refractivity contribution in [3.63, 3.8) is 0 Å². The van der Waals surface area contributed by atoms with Crippen molar-refractivity contribution in [2.24, 2.45) is 0 Å². The number of hydrogen-bond donors (Lipinski definition) is 2. The lowest BCUT2D eigenvalue weighted by Crippen LogP contribution is -2.33. The molecule has 0 aliphatic carbocycles. The Labute approximate surface area is 146 Å². The fourth-order valence-electron chi connectivity index (χ4n) is 2.42. The molecule has 1 heterocycles. The minimum atomic E-state index is -3.45. The minimum Gasteiger partial charge on any atom is -0.497 e. The molecule has 2 N–H and O–H groups in total. The highest BCUT2D eigenvalue weighted by Crippen LogP contribution is 2.27. The third kappa shape index (κ3) is 3.93. The number of rotatable bonds is 6. The molecule has 3 rings (SSSR count). The first kappa shape index (κ1) is 17.3. The predicted molar refractivity (Wildman–Crippen MR) is 96.3 cm³/mol. The third-order valence-corrected chi connectivity index (χ3v) is 4.87. The fourth-order valence-corrected chi connectivity index (χ4v) is 2.93. The zero-order valence-corrected chi connectivity index (χ0v) is 14.7. The van der Waals surface area contributed by atoms with E-state index in [2.05, 4.69) is 19.4 Å². The molecule has 8 heteroatoms. The van der Waals surface area contributed by atoms with E-state index in [9.17, 15) is 8.42 Å². The van der Waals surface area contributed by atoms with Crippen LogP contribution in [0.15, 0.2) is 48.8 Å². The Morgan fingerprint density at radius 3 is 2.52 bits per heavy atom. The summed E-state index contributed by atoms with van der Waals surface area (Å²) in [5.41, 5.74) is 3.39. The molecular weight excluding hydrogens is 340 g/mol. The third-order valence-electron chi connectivity index (χ3n) is 3.81. The van der Waals surface area contributed by atoms with Gasteiger partial charge in [0.15, 0.2) is 0 Å². The van der Waals surface area contributed by atoms with Crippen molar-refractivity contribution in [2.75, 3.05) is 14.2 Å². The Kier molecular flexibility index (Phi) is 4.93. The van der Waals surface area contributed by atoms with E-state index >= 15 is 0 Å². The summed E-state index contributed by atoms with van der Waals surface area (Å²) in [6.07, 6.45) is 1.52. The Morgan fingerprint density at radius 2 is 1.84 bits per heavy atom. The highest BCUT2D eigenvalue weighted by Gasteiger charge is 2.09. The maximum atomic E-state index is 11.4. The predicted octanol–water partition coefficient (Wildman–Crippen LogP) is 1.86. The second kappa shape index (κ2) is 7.14. The normalized spacial score (nSPS) is 11.6. The first-order valence-electron chi connectivity index (χ1n) is 7.58. The van der Waals surface area contributed by atoms with Crippen molar-refractivity contribution >= 4 is 21.1 Å². The molecule has 0 aliphatic heterocycles. The van der Waals surface area contributed by atoms with E-state index in [-0.39, 0.29) is 6.54 Å². The van der Waals surface area contributed by atoms with E-state index in [1.54, 1.807) is 7.11 Å². The smallest absolute Gasteiger partial charge is 0.276 e. The number of nitrogens with zero attached hydrogens (tertiary/aromatic N) is 2. The van der Waals surface area contributed by atoms with Gasteiger partial charge in [0.05, 0.1) is 18.3 Å². The molecule has 0 unspecified atom stereocenters. The van der Waals surface area contributed by atoms with Gasteiger partial charge in [-0.25, -0.2) is 14.7 Å². The molecule has 0 aliphatic rings. The van der Waals surface area contributed by atoms with Gasteiger partial charge in [0.25, 0.3) is 10.2 Å². The average Bonchev–Trinajstić information content (AvgIpc) is 2.66. The number of aromatic nitrogens is 2. The fraction of sp³-hybridized carbons (Fsp3) is 0.176. The van der Waals surface area contributed by atoms with Gasteiger partial charge in [0.2, 0.25) is 0 Å². The van der Waals surface area contributed by atoms with Crippen LogP contribution in [0.2, 0.25) is 0 Å². The summed E-state index contributed by atoms with van der Waals surface area (Å²) in [6, 6.07) is 13.2. The molecule has 1 aromatic heterocycles. The molecule has 25 heavy (non-hydrogen) atoms. The summed E-state index contributed by atoms with van der Waals surface area (Å²) in [4.78, 5) is 8.67. The van der Waals surface area contributed by atoms with E-state index in [0.717, 1.165) is 33.5 Å². The van der Waals surface area contributed by atoms with E-state index in [0.29, 0.717) is 0 Å². The van der Waals surface area contributed by atoms with Crippen LogP contribution in [0.4, 0.5) is 0 Å². The van der Waals surface area contributed by atoms with Crippen molar-refractivity contribution in [3.05, 3.63) is 54.4 Å².